The summed E-state index contributed by atoms with van der Waals surface area (Å²) in [5.74, 6) is -0.297. The van der Waals surface area contributed by atoms with Gasteiger partial charge < -0.3 is 15.2 Å². The first-order valence-corrected chi connectivity index (χ1v) is 6.45. The number of likely N-dealkylation sites (tertiary alicyclic amines) is 1. The summed E-state index contributed by atoms with van der Waals surface area (Å²) >= 11 is 0. The number of nitrogens with one attached hydrogen (secondary N) is 2. The van der Waals surface area contributed by atoms with Crippen molar-refractivity contribution in [2.45, 2.75) is 19.3 Å². The number of carbonyl (C=O) groups is 1. The van der Waals surface area contributed by atoms with Crippen molar-refractivity contribution in [1.82, 2.24) is 15.2 Å². The minimum absolute atomic E-state index is 0.177. The van der Waals surface area contributed by atoms with Gasteiger partial charge in [0.15, 0.2) is 0 Å². The number of aromatic nitrogens is 1. The predicted molar refractivity (Wildman–Crippen MR) is 69.7 cm³/mol. The van der Waals surface area contributed by atoms with Crippen LogP contribution in [0.25, 0.3) is 0 Å². The van der Waals surface area contributed by atoms with Gasteiger partial charge in [0.05, 0.1) is 0 Å². The standard InChI is InChI=1S/C13H19N3O2/c17-12-11(5-4-6-14-12)13(18)15-7-10-16-8-2-1-3-9-16/h4-6H,1-3,7-10H2,(H,14,17)(H,15,18). The van der Waals surface area contributed by atoms with Crippen LogP contribution in [0.15, 0.2) is 23.1 Å². The SMILES string of the molecule is O=C(NCCN1CCCCC1)c1ccc[nH]c1=O. The fourth-order valence-electron chi connectivity index (χ4n) is 2.21. The van der Waals surface area contributed by atoms with Crippen molar-refractivity contribution >= 4 is 5.91 Å². The van der Waals surface area contributed by atoms with Gasteiger partial charge in [-0.15, -0.1) is 0 Å². The van der Waals surface area contributed by atoms with E-state index >= 15 is 0 Å². The Labute approximate surface area is 106 Å². The van der Waals surface area contributed by atoms with Gasteiger partial charge in [0.25, 0.3) is 11.5 Å². The molecule has 0 aromatic carbocycles. The van der Waals surface area contributed by atoms with E-state index in [1.54, 1.807) is 6.07 Å². The highest BCUT2D eigenvalue weighted by atomic mass is 16.2. The molecular weight excluding hydrogens is 230 g/mol. The second-order valence-electron chi connectivity index (χ2n) is 4.57. The summed E-state index contributed by atoms with van der Waals surface area (Å²) < 4.78 is 0. The molecule has 18 heavy (non-hydrogen) atoms. The molecule has 0 spiro atoms. The maximum absolute atomic E-state index is 11.8. The minimum Gasteiger partial charge on any atom is -0.351 e. The molecule has 5 heteroatoms. The lowest BCUT2D eigenvalue weighted by molar-refractivity contribution is 0.0945. The molecule has 0 unspecified atom stereocenters. The van der Waals surface area contributed by atoms with Crippen LogP contribution in [0, 0.1) is 0 Å². The fourth-order valence-corrected chi connectivity index (χ4v) is 2.21. The largest absolute Gasteiger partial charge is 0.351 e. The number of hydrogen-bond acceptors (Lipinski definition) is 3. The van der Waals surface area contributed by atoms with E-state index in [4.69, 9.17) is 0 Å². The maximum Gasteiger partial charge on any atom is 0.260 e. The van der Waals surface area contributed by atoms with Crippen LogP contribution in [-0.4, -0.2) is 42.0 Å². The van der Waals surface area contributed by atoms with Crippen molar-refractivity contribution in [3.8, 4) is 0 Å². The van der Waals surface area contributed by atoms with Gasteiger partial charge in [-0.05, 0) is 38.1 Å². The number of carbonyl (C=O) groups excluding carboxylic acids is 1. The van der Waals surface area contributed by atoms with Gasteiger partial charge in [-0.25, -0.2) is 0 Å². The zero-order valence-corrected chi connectivity index (χ0v) is 10.4. The predicted octanol–water partition coefficient (Wildman–Crippen LogP) is 0.591. The van der Waals surface area contributed by atoms with Crippen molar-refractivity contribution in [1.29, 1.82) is 0 Å². The van der Waals surface area contributed by atoms with Crippen molar-refractivity contribution in [2.24, 2.45) is 0 Å². The maximum atomic E-state index is 11.8. The lowest BCUT2D eigenvalue weighted by Gasteiger charge is -2.26. The fraction of sp³-hybridized carbons (Fsp3) is 0.538. The molecule has 0 atom stereocenters. The first-order valence-electron chi connectivity index (χ1n) is 6.45. The van der Waals surface area contributed by atoms with Crippen LogP contribution in [0.5, 0.6) is 0 Å². The van der Waals surface area contributed by atoms with Crippen LogP contribution in [-0.2, 0) is 0 Å². The average Bonchev–Trinajstić information content (AvgIpc) is 2.40. The van der Waals surface area contributed by atoms with E-state index in [1.165, 1.54) is 31.5 Å². The normalized spacial score (nSPS) is 16.4. The van der Waals surface area contributed by atoms with E-state index < -0.39 is 0 Å². The molecule has 1 amide bonds. The third kappa shape index (κ3) is 3.43. The number of rotatable bonds is 4. The lowest BCUT2D eigenvalue weighted by Crippen LogP contribution is -2.38. The average molecular weight is 249 g/mol. The summed E-state index contributed by atoms with van der Waals surface area (Å²) in [6, 6.07) is 3.19. The summed E-state index contributed by atoms with van der Waals surface area (Å²) in [6.07, 6.45) is 5.31. The number of pyridine rings is 1. The topological polar surface area (TPSA) is 65.2 Å². The Morgan fingerprint density at radius 1 is 1.33 bits per heavy atom. The van der Waals surface area contributed by atoms with E-state index in [0.717, 1.165) is 19.6 Å². The Hall–Kier alpha value is -1.62. The van der Waals surface area contributed by atoms with E-state index in [9.17, 15) is 9.59 Å². The Balaban J connectivity index is 1.78. The number of amides is 1. The molecule has 2 N–H and O–H groups in total. The minimum atomic E-state index is -0.340. The second kappa shape index (κ2) is 6.35. The van der Waals surface area contributed by atoms with Crippen molar-refractivity contribution < 1.29 is 4.79 Å². The highest BCUT2D eigenvalue weighted by molar-refractivity contribution is 5.93. The number of H-pyrrole nitrogens is 1. The smallest absolute Gasteiger partial charge is 0.260 e. The van der Waals surface area contributed by atoms with Crippen LogP contribution < -0.4 is 10.9 Å². The number of nitrogens with zero attached hydrogens (tertiary/aromatic N) is 1. The molecule has 1 fully saturated rings. The van der Waals surface area contributed by atoms with E-state index in [1.807, 2.05) is 0 Å². The third-order valence-corrected chi connectivity index (χ3v) is 3.23. The summed E-state index contributed by atoms with van der Waals surface area (Å²) in [4.78, 5) is 28.0. The van der Waals surface area contributed by atoms with E-state index in [-0.39, 0.29) is 17.0 Å². The van der Waals surface area contributed by atoms with Crippen molar-refractivity contribution in [3.05, 3.63) is 34.2 Å². The highest BCUT2D eigenvalue weighted by Crippen LogP contribution is 2.07. The summed E-state index contributed by atoms with van der Waals surface area (Å²) in [7, 11) is 0. The third-order valence-electron chi connectivity index (χ3n) is 3.23. The van der Waals surface area contributed by atoms with Gasteiger partial charge in [-0.3, -0.25) is 9.59 Å². The molecule has 98 valence electrons. The van der Waals surface area contributed by atoms with Crippen LogP contribution in [0.1, 0.15) is 29.6 Å². The molecule has 1 aromatic rings. The monoisotopic (exact) mass is 249 g/mol. The van der Waals surface area contributed by atoms with Crippen LogP contribution in [0.2, 0.25) is 0 Å². The Morgan fingerprint density at radius 3 is 2.83 bits per heavy atom. The van der Waals surface area contributed by atoms with Gasteiger partial charge in [0, 0.05) is 19.3 Å². The van der Waals surface area contributed by atoms with Gasteiger partial charge in [-0.1, -0.05) is 6.42 Å². The second-order valence-corrected chi connectivity index (χ2v) is 4.57. The van der Waals surface area contributed by atoms with E-state index in [0.29, 0.717) is 6.54 Å². The highest BCUT2D eigenvalue weighted by Gasteiger charge is 2.11. The molecule has 2 heterocycles. The molecule has 1 saturated heterocycles. The summed E-state index contributed by atoms with van der Waals surface area (Å²) in [5.41, 5.74) is -0.163. The van der Waals surface area contributed by atoms with Gasteiger partial charge in [-0.2, -0.15) is 0 Å². The first kappa shape index (κ1) is 12.8. The zero-order valence-electron chi connectivity index (χ0n) is 10.4. The Bertz CT molecular complexity index is 450. The van der Waals surface area contributed by atoms with Gasteiger partial charge in [0.2, 0.25) is 0 Å². The summed E-state index contributed by atoms with van der Waals surface area (Å²) in [6.45, 7) is 3.67. The number of piperidine rings is 1. The molecule has 0 aliphatic carbocycles. The van der Waals surface area contributed by atoms with Gasteiger partial charge in [0.1, 0.15) is 5.56 Å². The molecule has 0 radical (unpaired) electrons. The van der Waals surface area contributed by atoms with Crippen LogP contribution in [0.4, 0.5) is 0 Å². The summed E-state index contributed by atoms with van der Waals surface area (Å²) in [5, 5.41) is 2.79. The Morgan fingerprint density at radius 2 is 2.11 bits per heavy atom. The zero-order chi connectivity index (χ0) is 12.8. The molecular formula is C13H19N3O2. The molecule has 5 nitrogen and oxygen atoms in total. The molecule has 2 rings (SSSR count). The number of hydrogen-bond donors (Lipinski definition) is 2. The van der Waals surface area contributed by atoms with Crippen molar-refractivity contribution in [2.75, 3.05) is 26.2 Å². The molecule has 0 saturated carbocycles. The van der Waals surface area contributed by atoms with Crippen LogP contribution in [0.3, 0.4) is 0 Å². The Kier molecular flexibility index (Phi) is 4.52. The quantitative estimate of drug-likeness (QED) is 0.821. The molecule has 1 aliphatic rings. The van der Waals surface area contributed by atoms with Crippen LogP contribution >= 0.6 is 0 Å². The molecule has 1 aliphatic heterocycles. The van der Waals surface area contributed by atoms with E-state index in [2.05, 4.69) is 15.2 Å². The first-order chi connectivity index (χ1) is 8.77. The van der Waals surface area contributed by atoms with Crippen molar-refractivity contribution in [3.63, 3.8) is 0 Å². The lowest BCUT2D eigenvalue weighted by atomic mass is 10.1. The number of aromatic amines is 1. The van der Waals surface area contributed by atoms with Gasteiger partial charge >= 0.3 is 0 Å². The molecule has 0 bridgehead atoms. The molecule has 1 aromatic heterocycles.